The van der Waals surface area contributed by atoms with Gasteiger partial charge in [0.25, 0.3) is 0 Å². The van der Waals surface area contributed by atoms with Gasteiger partial charge in [0.1, 0.15) is 47.5 Å². The topological polar surface area (TPSA) is 221 Å². The number of halogens is 2. The number of amides is 4. The molecule has 0 unspecified atom stereocenters. The lowest BCUT2D eigenvalue weighted by Crippen LogP contribution is -2.58. The summed E-state index contributed by atoms with van der Waals surface area (Å²) in [6, 6.07) is 17.7. The largest absolute Gasteiger partial charge is 0.508 e. The van der Waals surface area contributed by atoms with Crippen LogP contribution in [0, 0.1) is 18.2 Å². The van der Waals surface area contributed by atoms with Crippen LogP contribution in [-0.2, 0) is 28.6 Å². The van der Waals surface area contributed by atoms with Crippen LogP contribution < -0.4 is 20.3 Å². The number of phenols is 1. The zero-order chi connectivity index (χ0) is 60.2. The molecule has 4 N–H and O–H groups in total. The summed E-state index contributed by atoms with van der Waals surface area (Å²) in [5, 5.41) is 29.2. The Morgan fingerprint density at radius 3 is 2.29 bits per heavy atom. The predicted octanol–water partition coefficient (Wildman–Crippen LogP) is 9.07. The lowest BCUT2D eigenvalue weighted by atomic mass is 9.85. The van der Waals surface area contributed by atoms with Gasteiger partial charge in [-0.1, -0.05) is 80.9 Å². The summed E-state index contributed by atoms with van der Waals surface area (Å²) in [4.78, 5) is 76.5. The van der Waals surface area contributed by atoms with Gasteiger partial charge in [0.2, 0.25) is 17.7 Å². The summed E-state index contributed by atoms with van der Waals surface area (Å²) in [6.45, 7) is 20.1. The maximum atomic E-state index is 17.3. The number of nitrogens with zero attached hydrogens (tertiary/aromatic N) is 7. The molecule has 6 aromatic rings. The Kier molecular flexibility index (Phi) is 19.3. The number of rotatable bonds is 18. The number of aryl methyl sites for hydroxylation is 1. The molecule has 19 nitrogen and oxygen atoms in total. The molecule has 3 fully saturated rings. The van der Waals surface area contributed by atoms with E-state index in [0.29, 0.717) is 73.4 Å². The van der Waals surface area contributed by atoms with Crippen molar-refractivity contribution >= 4 is 74.2 Å². The normalized spacial score (nSPS) is 18.5. The van der Waals surface area contributed by atoms with E-state index in [2.05, 4.69) is 25.5 Å². The van der Waals surface area contributed by atoms with Gasteiger partial charge in [-0.3, -0.25) is 19.3 Å². The van der Waals surface area contributed by atoms with Crippen LogP contribution >= 0.6 is 22.9 Å². The Morgan fingerprint density at radius 1 is 0.893 bits per heavy atom. The number of β-amino-alcohol motifs (C(OH)–C–C–N with tert-alkyl or cyclic N) is 1. The van der Waals surface area contributed by atoms with E-state index in [1.165, 1.54) is 11.0 Å². The fourth-order valence-electron chi connectivity index (χ4n) is 11.1. The number of likely N-dealkylation sites (tertiary alicyclic amines) is 2. The fraction of sp³-hybridized carbons (Fsp3) is 0.500. The number of aromatic nitrogens is 3. The van der Waals surface area contributed by atoms with Crippen LogP contribution in [0.15, 0.2) is 72.2 Å². The first-order valence-electron chi connectivity index (χ1n) is 28.7. The summed E-state index contributed by atoms with van der Waals surface area (Å²) in [5.74, 6) is -1.67. The number of carbonyl (C=O) groups excluding carboxylic acids is 4. The number of benzene rings is 4. The molecule has 3 aliphatic heterocycles. The van der Waals surface area contributed by atoms with E-state index in [9.17, 15) is 29.4 Å². The van der Waals surface area contributed by atoms with Crippen LogP contribution in [0.2, 0.25) is 5.02 Å². The molecule has 3 saturated heterocycles. The molecule has 5 heterocycles. The molecule has 3 aliphatic rings. The lowest BCUT2D eigenvalue weighted by Gasteiger charge is -2.36. The summed E-state index contributed by atoms with van der Waals surface area (Å²) in [6.07, 6.45) is -0.246. The Hall–Kier alpha value is -6.75. The number of aromatic hydroxyl groups is 1. The average molecular weight is 1190 g/mol. The van der Waals surface area contributed by atoms with Crippen molar-refractivity contribution in [2.24, 2.45) is 5.41 Å². The summed E-state index contributed by atoms with van der Waals surface area (Å²) in [5.41, 5.74) is 3.78. The van der Waals surface area contributed by atoms with Crippen LogP contribution in [0.25, 0.3) is 43.2 Å². The van der Waals surface area contributed by atoms with E-state index in [1.807, 2.05) is 121 Å². The highest BCUT2D eigenvalue weighted by atomic mass is 35.5. The monoisotopic (exact) mass is 1190 g/mol. The summed E-state index contributed by atoms with van der Waals surface area (Å²) >= 11 is 8.54. The minimum atomic E-state index is -1.00. The predicted molar refractivity (Wildman–Crippen MR) is 322 cm³/mol. The van der Waals surface area contributed by atoms with E-state index in [4.69, 9.17) is 35.5 Å². The van der Waals surface area contributed by atoms with E-state index in [-0.39, 0.29) is 78.7 Å². The van der Waals surface area contributed by atoms with Crippen molar-refractivity contribution in [3.05, 3.63) is 94.3 Å². The van der Waals surface area contributed by atoms with Crippen LogP contribution in [0.5, 0.6) is 11.8 Å². The number of piperazine rings is 1. The summed E-state index contributed by atoms with van der Waals surface area (Å²) < 4.78 is 41.2. The molecule has 9 rings (SSSR count). The quantitative estimate of drug-likeness (QED) is 0.0590. The number of hydrogen-bond donors (Lipinski definition) is 4. The average Bonchev–Trinajstić information content (AvgIpc) is 2.26. The van der Waals surface area contributed by atoms with Crippen molar-refractivity contribution in [3.8, 4) is 33.3 Å². The second-order valence-corrected chi connectivity index (χ2v) is 25.4. The molecule has 84 heavy (non-hydrogen) atoms. The van der Waals surface area contributed by atoms with Gasteiger partial charge >= 0.3 is 12.1 Å². The molecule has 0 aliphatic carbocycles. The number of hydrogen-bond acceptors (Lipinski definition) is 16. The number of piperidine rings is 1. The minimum absolute atomic E-state index is 0.00205. The van der Waals surface area contributed by atoms with Crippen molar-refractivity contribution in [3.63, 3.8) is 0 Å². The molecule has 0 radical (unpaired) electrons. The third-order valence-corrected chi connectivity index (χ3v) is 16.7. The van der Waals surface area contributed by atoms with E-state index < -0.39 is 59.0 Å². The molecule has 4 aromatic carbocycles. The van der Waals surface area contributed by atoms with Gasteiger partial charge in [-0.25, -0.2) is 14.2 Å². The van der Waals surface area contributed by atoms with Gasteiger partial charge in [0, 0.05) is 69.7 Å². The van der Waals surface area contributed by atoms with E-state index >= 15 is 4.39 Å². The number of phenolic OH excluding ortho intramolecular Hbond substituents is 1. The summed E-state index contributed by atoms with van der Waals surface area (Å²) in [7, 11) is 0. The van der Waals surface area contributed by atoms with Crippen molar-refractivity contribution in [2.75, 3.05) is 77.1 Å². The maximum absolute atomic E-state index is 17.3. The van der Waals surface area contributed by atoms with Gasteiger partial charge in [-0.15, -0.1) is 11.3 Å². The standard InChI is InChI=1S/C62H77ClFN9O10S/c1-36(82-59-68-53-47(56(69-59)71-22-24-72(25-23-71)60(79)83-62(7,8)9)31-48(63)51(52(53)64)46-29-42(74)28-41-12-10-11-13-45(41)46)32-70-20-18-44(19-21-70)81-27-26-80-34-50(76)67-55(61(4,5)6)58(78)73-33-43(75)30-49(73)57(77)66-37(2)39-14-16-40(17-15-39)54-38(3)65-35-84-54/h10-17,28-29,31,35-37,43-44,49,55,74-75H,18-27,30,32-34H2,1-9H3,(H,66,77)(H,67,76)/t36-,37+,43-,49+,55-/m1/s1. The second kappa shape index (κ2) is 26.3. The van der Waals surface area contributed by atoms with E-state index in [1.54, 1.807) is 28.4 Å². The molecule has 0 spiro atoms. The molecule has 4 amide bonds. The molecular formula is C62H77ClFN9O10S. The Morgan fingerprint density at radius 2 is 1.61 bits per heavy atom. The van der Waals surface area contributed by atoms with Crippen LogP contribution in [-0.4, -0.2) is 172 Å². The highest BCUT2D eigenvalue weighted by Gasteiger charge is 2.45. The number of carbonyl (C=O) groups is 4. The Labute approximate surface area is 498 Å². The van der Waals surface area contributed by atoms with Crippen molar-refractivity contribution in [2.45, 2.75) is 124 Å². The number of aliphatic hydroxyl groups excluding tert-OH is 1. The van der Waals surface area contributed by atoms with Crippen LogP contribution in [0.4, 0.5) is 15.0 Å². The van der Waals surface area contributed by atoms with Crippen molar-refractivity contribution in [1.29, 1.82) is 0 Å². The smallest absolute Gasteiger partial charge is 0.410 e. The fourth-order valence-corrected chi connectivity index (χ4v) is 12.2. The zero-order valence-electron chi connectivity index (χ0n) is 49.2. The molecule has 450 valence electrons. The number of nitrogens with one attached hydrogen (secondary N) is 2. The molecular weight excluding hydrogens is 1120 g/mol. The van der Waals surface area contributed by atoms with Crippen LogP contribution in [0.1, 0.15) is 92.0 Å². The lowest BCUT2D eigenvalue weighted by molar-refractivity contribution is -0.144. The number of ether oxygens (including phenoxy) is 4. The second-order valence-electron chi connectivity index (χ2n) is 24.2. The van der Waals surface area contributed by atoms with Crippen LogP contribution in [0.3, 0.4) is 0 Å². The maximum Gasteiger partial charge on any atom is 0.410 e. The van der Waals surface area contributed by atoms with Gasteiger partial charge in [-0.2, -0.15) is 9.97 Å². The van der Waals surface area contributed by atoms with Crippen molar-refractivity contribution < 1.29 is 52.7 Å². The van der Waals surface area contributed by atoms with Gasteiger partial charge in [0.05, 0.1) is 52.6 Å². The van der Waals surface area contributed by atoms with Gasteiger partial charge < -0.3 is 54.5 Å². The van der Waals surface area contributed by atoms with Crippen molar-refractivity contribution in [1.82, 2.24) is 40.3 Å². The number of anilines is 1. The number of thiazole rings is 1. The molecule has 0 bridgehead atoms. The minimum Gasteiger partial charge on any atom is -0.508 e. The molecule has 5 atom stereocenters. The molecule has 22 heteroatoms. The highest BCUT2D eigenvalue weighted by Crippen LogP contribution is 2.43. The SMILES string of the molecule is Cc1ncsc1-c1ccc([C@H](C)NC(=O)[C@@H]2C[C@@H](O)CN2C(=O)[C@@H](NC(=O)COCCOC2CCN(C[C@@H](C)Oc3nc(N4CCN(C(=O)OC(C)(C)C)CC4)c4cc(Cl)c(-c5cc(O)cc6ccccc56)c(F)c4n3)CC2)C(C)(C)C)cc1. The first kappa shape index (κ1) is 61.8. The molecule has 0 saturated carbocycles. The Bertz CT molecular complexity index is 3340. The Balaban J connectivity index is 0.760. The first-order chi connectivity index (χ1) is 39.9. The molecule has 2 aromatic heterocycles. The number of fused-ring (bicyclic) bond motifs is 2. The van der Waals surface area contributed by atoms with Gasteiger partial charge in [0.15, 0.2) is 5.82 Å². The third kappa shape index (κ3) is 14.8. The highest BCUT2D eigenvalue weighted by molar-refractivity contribution is 7.13. The van der Waals surface area contributed by atoms with E-state index in [0.717, 1.165) is 34.5 Å². The third-order valence-electron chi connectivity index (χ3n) is 15.4. The zero-order valence-corrected chi connectivity index (χ0v) is 50.8. The number of aliphatic hydroxyl groups is 1. The van der Waals surface area contributed by atoms with Gasteiger partial charge in [-0.05, 0) is 105 Å². The first-order valence-corrected chi connectivity index (χ1v) is 30.0.